The molecule has 0 aromatic heterocycles. The van der Waals surface area contributed by atoms with E-state index in [1.165, 1.54) is 12.8 Å². The van der Waals surface area contributed by atoms with Crippen LogP contribution in [0.1, 0.15) is 40.0 Å². The van der Waals surface area contributed by atoms with E-state index in [-0.39, 0.29) is 0 Å². The van der Waals surface area contributed by atoms with E-state index in [2.05, 4.69) is 25.8 Å². The fourth-order valence-electron chi connectivity index (χ4n) is 0.581. The van der Waals surface area contributed by atoms with Gasteiger partial charge in [0.15, 0.2) is 0 Å². The highest BCUT2D eigenvalue weighted by Crippen LogP contribution is 1.91. The lowest BCUT2D eigenvalue weighted by Gasteiger charge is -1.92. The van der Waals surface area contributed by atoms with E-state index in [1.807, 2.05) is 6.21 Å². The van der Waals surface area contributed by atoms with Crippen LogP contribution in [0.2, 0.25) is 0 Å². The van der Waals surface area contributed by atoms with E-state index < -0.39 is 0 Å². The molecule has 9 heavy (non-hydrogen) atoms. The number of hydrogen-bond acceptors (Lipinski definition) is 1. The van der Waals surface area contributed by atoms with Crippen LogP contribution in [-0.2, 0) is 0 Å². The molecule has 54 valence electrons. The third-order valence-electron chi connectivity index (χ3n) is 1.09. The average molecular weight is 127 g/mol. The predicted molar refractivity (Wildman–Crippen MR) is 43.2 cm³/mol. The molecule has 0 saturated carbocycles. The number of unbranched alkanes of at least 4 members (excludes halogenated alkanes) is 2. The first-order chi connectivity index (χ1) is 4.27. The Morgan fingerprint density at radius 2 is 2.11 bits per heavy atom. The Balaban J connectivity index is 3.04. The molecule has 0 spiro atoms. The van der Waals surface area contributed by atoms with Crippen LogP contribution in [0.5, 0.6) is 0 Å². The van der Waals surface area contributed by atoms with Crippen molar-refractivity contribution in [1.82, 2.24) is 0 Å². The summed E-state index contributed by atoms with van der Waals surface area (Å²) in [4.78, 5) is 4.24. The molecule has 0 radical (unpaired) electrons. The highest BCUT2D eigenvalue weighted by atomic mass is 14.7. The minimum Gasteiger partial charge on any atom is -0.295 e. The van der Waals surface area contributed by atoms with E-state index in [1.54, 1.807) is 0 Å². The summed E-state index contributed by atoms with van der Waals surface area (Å²) in [5.41, 5.74) is 0. The van der Waals surface area contributed by atoms with Crippen LogP contribution in [0.4, 0.5) is 0 Å². The van der Waals surface area contributed by atoms with Gasteiger partial charge in [-0.3, -0.25) is 4.99 Å². The Hall–Kier alpha value is -0.330. The molecular formula is C8H17N. The van der Waals surface area contributed by atoms with Crippen molar-refractivity contribution in [1.29, 1.82) is 0 Å². The minimum atomic E-state index is 0.474. The number of aliphatic imine (C=N–C) groups is 1. The summed E-state index contributed by atoms with van der Waals surface area (Å²) in [7, 11) is 0. The zero-order valence-corrected chi connectivity index (χ0v) is 6.72. The van der Waals surface area contributed by atoms with Crippen LogP contribution >= 0.6 is 0 Å². The summed E-state index contributed by atoms with van der Waals surface area (Å²) >= 11 is 0. The summed E-state index contributed by atoms with van der Waals surface area (Å²) in [6.45, 7) is 6.40. The monoisotopic (exact) mass is 127 g/mol. The molecule has 0 N–H and O–H groups in total. The van der Waals surface area contributed by atoms with Gasteiger partial charge >= 0.3 is 0 Å². The molecule has 0 atom stereocenters. The number of rotatable bonds is 4. The molecule has 0 heterocycles. The Bertz CT molecular complexity index is 74.6. The van der Waals surface area contributed by atoms with Gasteiger partial charge in [-0.1, -0.05) is 13.3 Å². The fourth-order valence-corrected chi connectivity index (χ4v) is 0.581. The standard InChI is InChI=1S/C8H17N/c1-4-5-6-7-9-8(2)3/h7-8H,4-6H2,1-3H3. The molecule has 0 aliphatic heterocycles. The van der Waals surface area contributed by atoms with Crippen molar-refractivity contribution >= 4 is 6.21 Å². The molecule has 0 rings (SSSR count). The second-order valence-electron chi connectivity index (χ2n) is 2.57. The molecule has 0 saturated heterocycles. The van der Waals surface area contributed by atoms with Crippen molar-refractivity contribution in [2.45, 2.75) is 46.1 Å². The van der Waals surface area contributed by atoms with Crippen LogP contribution in [0.3, 0.4) is 0 Å². The Kier molecular flexibility index (Phi) is 5.59. The molecule has 1 heteroatoms. The summed E-state index contributed by atoms with van der Waals surface area (Å²) in [5, 5.41) is 0. The maximum Gasteiger partial charge on any atom is 0.0439 e. The second-order valence-corrected chi connectivity index (χ2v) is 2.57. The van der Waals surface area contributed by atoms with Crippen molar-refractivity contribution in [3.8, 4) is 0 Å². The topological polar surface area (TPSA) is 12.4 Å². The molecule has 1 nitrogen and oxygen atoms in total. The van der Waals surface area contributed by atoms with Crippen molar-refractivity contribution in [2.24, 2.45) is 4.99 Å². The van der Waals surface area contributed by atoms with E-state index in [0.717, 1.165) is 6.42 Å². The first kappa shape index (κ1) is 8.67. The zero-order chi connectivity index (χ0) is 7.11. The van der Waals surface area contributed by atoms with Gasteiger partial charge in [0.2, 0.25) is 0 Å². The van der Waals surface area contributed by atoms with Crippen molar-refractivity contribution < 1.29 is 0 Å². The highest BCUT2D eigenvalue weighted by Gasteiger charge is 1.82. The minimum absolute atomic E-state index is 0.474. The fraction of sp³-hybridized carbons (Fsp3) is 0.875. The van der Waals surface area contributed by atoms with Gasteiger partial charge in [-0.2, -0.15) is 0 Å². The van der Waals surface area contributed by atoms with Crippen LogP contribution in [-0.4, -0.2) is 12.3 Å². The average Bonchev–Trinajstić information content (AvgIpc) is 1.80. The highest BCUT2D eigenvalue weighted by molar-refractivity contribution is 5.57. The molecular weight excluding hydrogens is 110 g/mol. The third kappa shape index (κ3) is 7.67. The van der Waals surface area contributed by atoms with Crippen molar-refractivity contribution in [3.63, 3.8) is 0 Å². The zero-order valence-electron chi connectivity index (χ0n) is 6.72. The van der Waals surface area contributed by atoms with Gasteiger partial charge in [-0.15, -0.1) is 0 Å². The van der Waals surface area contributed by atoms with Crippen LogP contribution in [0.15, 0.2) is 4.99 Å². The number of nitrogens with zero attached hydrogens (tertiary/aromatic N) is 1. The van der Waals surface area contributed by atoms with E-state index >= 15 is 0 Å². The summed E-state index contributed by atoms with van der Waals surface area (Å²) in [6.07, 6.45) is 5.73. The van der Waals surface area contributed by atoms with Crippen molar-refractivity contribution in [3.05, 3.63) is 0 Å². The van der Waals surface area contributed by atoms with Crippen LogP contribution < -0.4 is 0 Å². The predicted octanol–water partition coefficient (Wildman–Crippen LogP) is 2.66. The molecule has 0 aliphatic rings. The lowest BCUT2D eigenvalue weighted by atomic mass is 10.3. The largest absolute Gasteiger partial charge is 0.295 e. The normalized spacial score (nSPS) is 11.6. The van der Waals surface area contributed by atoms with Gasteiger partial charge in [0, 0.05) is 6.04 Å². The maximum absolute atomic E-state index is 4.24. The lowest BCUT2D eigenvalue weighted by molar-refractivity contribution is 0.810. The lowest BCUT2D eigenvalue weighted by Crippen LogP contribution is -1.88. The summed E-state index contributed by atoms with van der Waals surface area (Å²) < 4.78 is 0. The van der Waals surface area contributed by atoms with Crippen molar-refractivity contribution in [2.75, 3.05) is 0 Å². The van der Waals surface area contributed by atoms with Gasteiger partial charge < -0.3 is 0 Å². The van der Waals surface area contributed by atoms with Crippen LogP contribution in [0.25, 0.3) is 0 Å². The summed E-state index contributed by atoms with van der Waals surface area (Å²) in [6, 6.07) is 0.474. The Morgan fingerprint density at radius 3 is 2.56 bits per heavy atom. The first-order valence-electron chi connectivity index (χ1n) is 3.79. The Morgan fingerprint density at radius 1 is 1.44 bits per heavy atom. The van der Waals surface area contributed by atoms with Gasteiger partial charge in [0.05, 0.1) is 0 Å². The molecule has 0 aliphatic carbocycles. The third-order valence-corrected chi connectivity index (χ3v) is 1.09. The Labute approximate surface area is 58.2 Å². The van der Waals surface area contributed by atoms with E-state index in [4.69, 9.17) is 0 Å². The maximum atomic E-state index is 4.24. The smallest absolute Gasteiger partial charge is 0.0439 e. The van der Waals surface area contributed by atoms with E-state index in [0.29, 0.717) is 6.04 Å². The van der Waals surface area contributed by atoms with Gasteiger partial charge in [-0.25, -0.2) is 0 Å². The van der Waals surface area contributed by atoms with Gasteiger partial charge in [0.25, 0.3) is 0 Å². The van der Waals surface area contributed by atoms with Gasteiger partial charge in [0.1, 0.15) is 0 Å². The molecule has 0 aromatic carbocycles. The molecule has 0 fully saturated rings. The molecule has 0 aromatic rings. The molecule has 0 bridgehead atoms. The SMILES string of the molecule is CCCCC=NC(C)C. The van der Waals surface area contributed by atoms with E-state index in [9.17, 15) is 0 Å². The number of hydrogen-bond donors (Lipinski definition) is 0. The second kappa shape index (κ2) is 5.80. The molecule has 0 amide bonds. The van der Waals surface area contributed by atoms with Gasteiger partial charge in [-0.05, 0) is 32.9 Å². The first-order valence-corrected chi connectivity index (χ1v) is 3.79. The summed E-state index contributed by atoms with van der Waals surface area (Å²) in [5.74, 6) is 0. The molecule has 0 unspecified atom stereocenters. The quantitative estimate of drug-likeness (QED) is 0.406. The van der Waals surface area contributed by atoms with Crippen LogP contribution in [0, 0.1) is 0 Å².